The highest BCUT2D eigenvalue weighted by Gasteiger charge is 2.48. The molecule has 5 aromatic rings. The maximum atomic E-state index is 15.7. The van der Waals surface area contributed by atoms with Crippen molar-refractivity contribution in [3.63, 3.8) is 0 Å². The van der Waals surface area contributed by atoms with E-state index in [0.717, 1.165) is 22.3 Å². The minimum Gasteiger partial charge on any atom is -0.473 e. The van der Waals surface area contributed by atoms with Gasteiger partial charge in [-0.15, -0.1) is 0 Å². The molecule has 0 amide bonds. The van der Waals surface area contributed by atoms with Crippen molar-refractivity contribution < 1.29 is 28.1 Å². The van der Waals surface area contributed by atoms with E-state index in [2.05, 4.69) is 4.98 Å². The number of rotatable bonds is 14. The van der Waals surface area contributed by atoms with Gasteiger partial charge in [-0.3, -0.25) is 0 Å². The zero-order valence-corrected chi connectivity index (χ0v) is 24.9. The monoisotopic (exact) mass is 605 g/mol. The summed E-state index contributed by atoms with van der Waals surface area (Å²) in [4.78, 5) is 4.13. The van der Waals surface area contributed by atoms with E-state index in [1.54, 1.807) is 12.1 Å². The quantitative estimate of drug-likeness (QED) is 0.121. The Morgan fingerprint density at radius 3 is 1.58 bits per heavy atom. The largest absolute Gasteiger partial charge is 0.473 e. The molecular formula is C38H36FNO5. The topological polar surface area (TPSA) is 59.0 Å². The lowest BCUT2D eigenvalue weighted by Crippen LogP contribution is -2.38. The highest BCUT2D eigenvalue weighted by atomic mass is 19.1. The van der Waals surface area contributed by atoms with Crippen LogP contribution in [0.2, 0.25) is 0 Å². The van der Waals surface area contributed by atoms with E-state index in [1.807, 2.05) is 121 Å². The van der Waals surface area contributed by atoms with E-state index in [4.69, 9.17) is 23.7 Å². The number of ether oxygens (including phenoxy) is 5. The molecule has 0 N–H and O–H groups in total. The van der Waals surface area contributed by atoms with Gasteiger partial charge >= 0.3 is 0 Å². The maximum absolute atomic E-state index is 15.7. The number of pyridine rings is 1. The molecule has 1 aromatic heterocycles. The summed E-state index contributed by atoms with van der Waals surface area (Å²) in [7, 11) is 0. The molecule has 1 aliphatic rings. The van der Waals surface area contributed by atoms with Crippen molar-refractivity contribution in [2.75, 3.05) is 6.61 Å². The number of aromatic nitrogens is 1. The Morgan fingerprint density at radius 2 is 1.04 bits per heavy atom. The van der Waals surface area contributed by atoms with Gasteiger partial charge in [-0.05, 0) is 28.3 Å². The number of benzene rings is 4. The molecule has 230 valence electrons. The first-order chi connectivity index (χ1) is 22.2. The van der Waals surface area contributed by atoms with Gasteiger partial charge in [-0.25, -0.2) is 0 Å². The van der Waals surface area contributed by atoms with Crippen molar-refractivity contribution in [3.8, 4) is 5.88 Å². The Balaban J connectivity index is 1.24. The number of halogens is 1. The van der Waals surface area contributed by atoms with Gasteiger partial charge in [0.1, 0.15) is 31.0 Å². The van der Waals surface area contributed by atoms with Crippen LogP contribution in [0.3, 0.4) is 0 Å². The first kappa shape index (κ1) is 30.6. The Kier molecular flexibility index (Phi) is 10.6. The fourth-order valence-corrected chi connectivity index (χ4v) is 5.35. The molecule has 0 radical (unpaired) electrons. The third kappa shape index (κ3) is 8.41. The fraction of sp³-hybridized carbons (Fsp3) is 0.237. The van der Waals surface area contributed by atoms with E-state index in [1.165, 1.54) is 0 Å². The van der Waals surface area contributed by atoms with E-state index in [-0.39, 0.29) is 24.7 Å². The van der Waals surface area contributed by atoms with E-state index >= 15 is 4.39 Å². The summed E-state index contributed by atoms with van der Waals surface area (Å²) in [6.45, 7) is 1.58. The molecule has 45 heavy (non-hydrogen) atoms. The van der Waals surface area contributed by atoms with E-state index in [0.29, 0.717) is 19.8 Å². The van der Waals surface area contributed by atoms with Crippen molar-refractivity contribution in [2.24, 2.45) is 0 Å². The van der Waals surface area contributed by atoms with Gasteiger partial charge in [-0.1, -0.05) is 121 Å². The molecule has 4 atom stereocenters. The highest BCUT2D eigenvalue weighted by molar-refractivity contribution is 5.25. The average molecular weight is 606 g/mol. The first-order valence-corrected chi connectivity index (χ1v) is 15.1. The molecule has 4 unspecified atom stereocenters. The molecule has 0 aliphatic carbocycles. The van der Waals surface area contributed by atoms with Crippen LogP contribution in [-0.2, 0) is 45.4 Å². The van der Waals surface area contributed by atoms with Gasteiger partial charge in [-0.2, -0.15) is 9.37 Å². The van der Waals surface area contributed by atoms with Gasteiger partial charge < -0.3 is 23.7 Å². The predicted octanol–water partition coefficient (Wildman–Crippen LogP) is 7.63. The summed E-state index contributed by atoms with van der Waals surface area (Å²) in [5.41, 5.74) is 4.30. The molecule has 1 aliphatic heterocycles. The van der Waals surface area contributed by atoms with Crippen molar-refractivity contribution in [2.45, 2.75) is 50.8 Å². The first-order valence-electron chi connectivity index (χ1n) is 15.1. The van der Waals surface area contributed by atoms with Gasteiger partial charge in [0.15, 0.2) is 0 Å². The lowest BCUT2D eigenvalue weighted by molar-refractivity contribution is -0.0898. The molecule has 7 heteroatoms. The van der Waals surface area contributed by atoms with Crippen LogP contribution < -0.4 is 4.74 Å². The normalized spacial score (nSPS) is 19.4. The van der Waals surface area contributed by atoms with Crippen LogP contribution in [0.15, 0.2) is 133 Å². The molecule has 6 rings (SSSR count). The maximum Gasteiger partial charge on any atom is 0.222 e. The second-order valence-electron chi connectivity index (χ2n) is 10.9. The third-order valence-electron chi connectivity index (χ3n) is 7.66. The lowest BCUT2D eigenvalue weighted by Gasteiger charge is -2.25. The minimum atomic E-state index is -0.782. The predicted molar refractivity (Wildman–Crippen MR) is 169 cm³/mol. The second-order valence-corrected chi connectivity index (χ2v) is 10.9. The van der Waals surface area contributed by atoms with Crippen molar-refractivity contribution >= 4 is 0 Å². The SMILES string of the molecule is Fc1nc(OCc2ccccc2)ccc1C1OC(COCc2ccccc2)C(OCc2ccccc2)C1OCc1ccccc1. The zero-order valence-electron chi connectivity index (χ0n) is 24.9. The van der Waals surface area contributed by atoms with Crippen LogP contribution in [0.25, 0.3) is 0 Å². The van der Waals surface area contributed by atoms with Crippen LogP contribution in [0.4, 0.5) is 4.39 Å². The summed E-state index contributed by atoms with van der Waals surface area (Å²) in [5.74, 6) is -0.481. The van der Waals surface area contributed by atoms with Gasteiger partial charge in [0, 0.05) is 11.6 Å². The number of hydrogen-bond acceptors (Lipinski definition) is 6. The molecule has 0 saturated carbocycles. The Labute approximate surface area is 263 Å². The summed E-state index contributed by atoms with van der Waals surface area (Å²) >= 11 is 0. The molecule has 0 bridgehead atoms. The molecule has 0 spiro atoms. The van der Waals surface area contributed by atoms with Gasteiger partial charge in [0.25, 0.3) is 0 Å². The average Bonchev–Trinajstić information content (AvgIpc) is 3.43. The Bertz CT molecular complexity index is 1590. The third-order valence-corrected chi connectivity index (χ3v) is 7.66. The molecule has 6 nitrogen and oxygen atoms in total. The molecule has 4 aromatic carbocycles. The zero-order chi connectivity index (χ0) is 30.7. The van der Waals surface area contributed by atoms with Crippen molar-refractivity contribution in [1.82, 2.24) is 4.98 Å². The van der Waals surface area contributed by atoms with E-state index < -0.39 is 30.4 Å². The molecular weight excluding hydrogens is 569 g/mol. The van der Waals surface area contributed by atoms with Crippen molar-refractivity contribution in [3.05, 3.63) is 167 Å². The number of hydrogen-bond donors (Lipinski definition) is 0. The van der Waals surface area contributed by atoms with Crippen LogP contribution in [0.5, 0.6) is 5.88 Å². The van der Waals surface area contributed by atoms with Crippen LogP contribution in [0, 0.1) is 5.95 Å². The van der Waals surface area contributed by atoms with Gasteiger partial charge in [0.2, 0.25) is 11.8 Å². The number of nitrogens with zero attached hydrogens (tertiary/aromatic N) is 1. The summed E-state index contributed by atoms with van der Waals surface area (Å²) < 4.78 is 47.2. The van der Waals surface area contributed by atoms with Gasteiger partial charge in [0.05, 0.1) is 26.4 Å². The van der Waals surface area contributed by atoms with Crippen LogP contribution in [-0.4, -0.2) is 29.9 Å². The second kappa shape index (κ2) is 15.5. The molecule has 1 fully saturated rings. The van der Waals surface area contributed by atoms with Crippen molar-refractivity contribution in [1.29, 1.82) is 0 Å². The smallest absolute Gasteiger partial charge is 0.222 e. The van der Waals surface area contributed by atoms with E-state index in [9.17, 15) is 0 Å². The molecule has 2 heterocycles. The Morgan fingerprint density at radius 1 is 0.556 bits per heavy atom. The molecule has 1 saturated heterocycles. The minimum absolute atomic E-state index is 0.194. The van der Waals surface area contributed by atoms with Crippen LogP contribution in [0.1, 0.15) is 33.9 Å². The summed E-state index contributed by atoms with van der Waals surface area (Å²) in [5, 5.41) is 0. The summed E-state index contributed by atoms with van der Waals surface area (Å²) in [6.07, 6.45) is -2.47. The summed E-state index contributed by atoms with van der Waals surface area (Å²) in [6, 6.07) is 42.7. The Hall–Kier alpha value is -4.40. The highest BCUT2D eigenvalue weighted by Crippen LogP contribution is 2.39. The standard InChI is InChI=1S/C38H36FNO5/c39-38-32(21-22-34(40-38)42-24-29-15-7-2-8-16-29)35-37(44-26-31-19-11-4-12-20-31)36(43-25-30-17-9-3-10-18-30)33(45-35)27-41-23-28-13-5-1-6-14-28/h1-22,33,35-37H,23-27H2. The fourth-order valence-electron chi connectivity index (χ4n) is 5.35. The lowest BCUT2D eigenvalue weighted by atomic mass is 10.0. The van der Waals surface area contributed by atoms with Crippen LogP contribution >= 0.6 is 0 Å².